The normalized spacial score (nSPS) is 19.1. The first kappa shape index (κ1) is 11.7. The van der Waals surface area contributed by atoms with Crippen LogP contribution in [0.1, 0.15) is 19.3 Å². The third-order valence-electron chi connectivity index (χ3n) is 3.47. The highest BCUT2D eigenvalue weighted by Gasteiger charge is 2.42. The summed E-state index contributed by atoms with van der Waals surface area (Å²) in [6, 6.07) is 8.38. The first-order chi connectivity index (χ1) is 8.81. The minimum atomic E-state index is 0.284. The van der Waals surface area contributed by atoms with Gasteiger partial charge in [-0.05, 0) is 36.5 Å². The van der Waals surface area contributed by atoms with Crippen molar-refractivity contribution in [3.05, 3.63) is 18.2 Å². The number of hydrogen-bond acceptors (Lipinski definition) is 4. The molecular formula is C14H15NO2S. The van der Waals surface area contributed by atoms with Gasteiger partial charge in [0.25, 0.3) is 0 Å². The lowest BCUT2D eigenvalue weighted by molar-refractivity contribution is 0.171. The van der Waals surface area contributed by atoms with Crippen LogP contribution in [0.3, 0.4) is 0 Å². The minimum absolute atomic E-state index is 0.284. The summed E-state index contributed by atoms with van der Waals surface area (Å²) in [5.74, 6) is 2.71. The van der Waals surface area contributed by atoms with Crippen LogP contribution in [0.2, 0.25) is 0 Å². The van der Waals surface area contributed by atoms with Gasteiger partial charge in [-0.3, -0.25) is 0 Å². The first-order valence-electron chi connectivity index (χ1n) is 6.21. The number of benzene rings is 1. The monoisotopic (exact) mass is 261 g/mol. The highest BCUT2D eigenvalue weighted by molar-refractivity contribution is 7.99. The Bertz CT molecular complexity index is 491. The van der Waals surface area contributed by atoms with E-state index in [9.17, 15) is 0 Å². The maximum absolute atomic E-state index is 8.80. The van der Waals surface area contributed by atoms with E-state index in [1.54, 1.807) is 0 Å². The molecule has 1 aliphatic heterocycles. The average molecular weight is 261 g/mol. The van der Waals surface area contributed by atoms with Crippen LogP contribution < -0.4 is 9.47 Å². The quantitative estimate of drug-likeness (QED) is 0.780. The van der Waals surface area contributed by atoms with Crippen molar-refractivity contribution < 1.29 is 9.47 Å². The SMILES string of the molecule is N#CCC1(CSc2ccc3c(c2)OCCO3)CC1. The Hall–Kier alpha value is -1.34. The first-order valence-corrected chi connectivity index (χ1v) is 7.19. The van der Waals surface area contributed by atoms with Crippen LogP contribution in [0.25, 0.3) is 0 Å². The van der Waals surface area contributed by atoms with Crippen molar-refractivity contribution in [2.45, 2.75) is 24.2 Å². The molecule has 0 N–H and O–H groups in total. The van der Waals surface area contributed by atoms with Gasteiger partial charge in [-0.1, -0.05) is 0 Å². The number of hydrogen-bond donors (Lipinski definition) is 0. The molecule has 1 aliphatic carbocycles. The van der Waals surface area contributed by atoms with Crippen molar-refractivity contribution >= 4 is 11.8 Å². The molecule has 1 saturated carbocycles. The van der Waals surface area contributed by atoms with Gasteiger partial charge in [0.2, 0.25) is 0 Å². The van der Waals surface area contributed by atoms with Gasteiger partial charge >= 0.3 is 0 Å². The molecule has 1 fully saturated rings. The van der Waals surface area contributed by atoms with Gasteiger partial charge < -0.3 is 9.47 Å². The summed E-state index contributed by atoms with van der Waals surface area (Å²) in [5, 5.41) is 8.80. The zero-order valence-electron chi connectivity index (χ0n) is 10.1. The Morgan fingerprint density at radius 1 is 1.22 bits per heavy atom. The van der Waals surface area contributed by atoms with Crippen LogP contribution in [0.4, 0.5) is 0 Å². The Labute approximate surface area is 111 Å². The average Bonchev–Trinajstić information content (AvgIpc) is 3.17. The predicted octanol–water partition coefficient (Wildman–Crippen LogP) is 3.24. The number of rotatable bonds is 4. The second-order valence-corrected chi connectivity index (χ2v) is 5.98. The van der Waals surface area contributed by atoms with E-state index in [1.165, 1.54) is 17.7 Å². The summed E-state index contributed by atoms with van der Waals surface area (Å²) in [4.78, 5) is 1.20. The number of nitriles is 1. The molecule has 0 atom stereocenters. The van der Waals surface area contributed by atoms with Crippen molar-refractivity contribution in [3.63, 3.8) is 0 Å². The van der Waals surface area contributed by atoms with Gasteiger partial charge in [0.1, 0.15) is 13.2 Å². The summed E-state index contributed by atoms with van der Waals surface area (Å²) >= 11 is 1.82. The molecule has 0 saturated heterocycles. The summed E-state index contributed by atoms with van der Waals surface area (Å²) in [6.07, 6.45) is 3.07. The van der Waals surface area contributed by atoms with Gasteiger partial charge in [0, 0.05) is 17.1 Å². The Kier molecular flexibility index (Phi) is 3.09. The molecule has 94 valence electrons. The van der Waals surface area contributed by atoms with Crippen LogP contribution in [-0.4, -0.2) is 19.0 Å². The van der Waals surface area contributed by atoms with Gasteiger partial charge in [-0.25, -0.2) is 0 Å². The fraction of sp³-hybridized carbons (Fsp3) is 0.500. The zero-order chi connectivity index (χ0) is 12.4. The third-order valence-corrected chi connectivity index (χ3v) is 4.81. The van der Waals surface area contributed by atoms with Gasteiger partial charge in [-0.15, -0.1) is 11.8 Å². The van der Waals surface area contributed by atoms with E-state index in [1.807, 2.05) is 23.9 Å². The molecule has 0 radical (unpaired) electrons. The molecule has 3 nitrogen and oxygen atoms in total. The Morgan fingerprint density at radius 3 is 2.72 bits per heavy atom. The molecule has 0 amide bonds. The Balaban J connectivity index is 1.65. The van der Waals surface area contributed by atoms with Crippen molar-refractivity contribution in [2.24, 2.45) is 5.41 Å². The van der Waals surface area contributed by atoms with Crippen molar-refractivity contribution in [2.75, 3.05) is 19.0 Å². The molecule has 1 aromatic rings. The van der Waals surface area contributed by atoms with Gasteiger partial charge in [0.15, 0.2) is 11.5 Å². The van der Waals surface area contributed by atoms with Crippen molar-refractivity contribution in [1.82, 2.24) is 0 Å². The summed E-state index contributed by atoms with van der Waals surface area (Å²) in [7, 11) is 0. The summed E-state index contributed by atoms with van der Waals surface area (Å²) in [6.45, 7) is 1.25. The lowest BCUT2D eigenvalue weighted by Crippen LogP contribution is -2.15. The molecule has 3 rings (SSSR count). The predicted molar refractivity (Wildman–Crippen MR) is 70.1 cm³/mol. The molecule has 0 aromatic heterocycles. The van der Waals surface area contributed by atoms with Crippen LogP contribution in [0.5, 0.6) is 11.5 Å². The molecule has 0 bridgehead atoms. The largest absolute Gasteiger partial charge is 0.486 e. The summed E-state index contributed by atoms with van der Waals surface area (Å²) < 4.78 is 11.1. The maximum Gasteiger partial charge on any atom is 0.162 e. The van der Waals surface area contributed by atoms with E-state index in [2.05, 4.69) is 12.1 Å². The molecule has 2 aliphatic rings. The fourth-order valence-electron chi connectivity index (χ4n) is 2.07. The highest BCUT2D eigenvalue weighted by atomic mass is 32.2. The topological polar surface area (TPSA) is 42.2 Å². The number of ether oxygens (including phenoxy) is 2. The van der Waals surface area contributed by atoms with E-state index >= 15 is 0 Å². The number of fused-ring (bicyclic) bond motifs is 1. The van der Waals surface area contributed by atoms with Crippen LogP contribution >= 0.6 is 11.8 Å². The number of thioether (sulfide) groups is 1. The number of nitrogens with zero attached hydrogens (tertiary/aromatic N) is 1. The smallest absolute Gasteiger partial charge is 0.162 e. The molecule has 1 aromatic carbocycles. The Morgan fingerprint density at radius 2 is 2.00 bits per heavy atom. The van der Waals surface area contributed by atoms with E-state index in [-0.39, 0.29) is 5.41 Å². The second-order valence-electron chi connectivity index (χ2n) is 4.93. The third kappa shape index (κ3) is 2.41. The van der Waals surface area contributed by atoms with Crippen molar-refractivity contribution in [1.29, 1.82) is 5.26 Å². The molecule has 4 heteroatoms. The maximum atomic E-state index is 8.80. The lowest BCUT2D eigenvalue weighted by Gasteiger charge is -2.19. The standard InChI is InChI=1S/C14H15NO2S/c15-6-5-14(3-4-14)10-18-11-1-2-12-13(9-11)17-8-7-16-12/h1-2,9H,3-5,7-8,10H2. The lowest BCUT2D eigenvalue weighted by atomic mass is 10.1. The molecule has 1 heterocycles. The zero-order valence-corrected chi connectivity index (χ0v) is 11.0. The second kappa shape index (κ2) is 4.74. The molecule has 18 heavy (non-hydrogen) atoms. The molecule has 0 spiro atoms. The van der Waals surface area contributed by atoms with Crippen LogP contribution in [-0.2, 0) is 0 Å². The van der Waals surface area contributed by atoms with Gasteiger partial charge in [0.05, 0.1) is 6.07 Å². The van der Waals surface area contributed by atoms with E-state index in [0.29, 0.717) is 19.6 Å². The molecular weight excluding hydrogens is 246 g/mol. The van der Waals surface area contributed by atoms with E-state index < -0.39 is 0 Å². The summed E-state index contributed by atoms with van der Waals surface area (Å²) in [5.41, 5.74) is 0.284. The van der Waals surface area contributed by atoms with Crippen LogP contribution in [0, 0.1) is 16.7 Å². The highest BCUT2D eigenvalue weighted by Crippen LogP contribution is 2.52. The van der Waals surface area contributed by atoms with E-state index in [4.69, 9.17) is 14.7 Å². The minimum Gasteiger partial charge on any atom is -0.486 e. The van der Waals surface area contributed by atoms with Crippen molar-refractivity contribution in [3.8, 4) is 17.6 Å². The molecule has 0 unspecified atom stereocenters. The van der Waals surface area contributed by atoms with Crippen LogP contribution in [0.15, 0.2) is 23.1 Å². The fourth-order valence-corrected chi connectivity index (χ4v) is 3.28. The van der Waals surface area contributed by atoms with Gasteiger partial charge in [-0.2, -0.15) is 5.26 Å². The van der Waals surface area contributed by atoms with E-state index in [0.717, 1.165) is 17.3 Å².